The van der Waals surface area contributed by atoms with Gasteiger partial charge in [-0.25, -0.2) is 9.59 Å². The Labute approximate surface area is 261 Å². The van der Waals surface area contributed by atoms with E-state index in [1.807, 2.05) is 24.3 Å². The van der Waals surface area contributed by atoms with Crippen molar-refractivity contribution in [3.05, 3.63) is 82.6 Å². The van der Waals surface area contributed by atoms with Gasteiger partial charge in [0.05, 0.1) is 35.0 Å². The Morgan fingerprint density at radius 2 is 1.78 bits per heavy atom. The summed E-state index contributed by atoms with van der Waals surface area (Å²) in [4.78, 5) is 39.0. The minimum absolute atomic E-state index is 0.123. The minimum Gasteiger partial charge on any atom is -0.493 e. The van der Waals surface area contributed by atoms with Crippen LogP contribution in [0, 0.1) is 21.8 Å². The number of rotatable bonds is 12. The zero-order valence-electron chi connectivity index (χ0n) is 22.8. The molecule has 0 bridgehead atoms. The SMILES string of the molecule is CCOC(=O)c1sc(CC(=O)/C(C#N)=C/c2cc(I)c(OCc3ccccc3Cl)c(OC)c2)c(C(=O)OCC)c1C. The number of hydrogen-bond acceptors (Lipinski definition) is 9. The summed E-state index contributed by atoms with van der Waals surface area (Å²) < 4.78 is 22.5. The van der Waals surface area contributed by atoms with Crippen LogP contribution in [0.5, 0.6) is 11.5 Å². The Morgan fingerprint density at radius 3 is 2.41 bits per heavy atom. The number of allylic oxidation sites excluding steroid dienone is 1. The molecule has 0 fully saturated rings. The van der Waals surface area contributed by atoms with Gasteiger partial charge in [0.25, 0.3) is 0 Å². The molecule has 0 saturated carbocycles. The summed E-state index contributed by atoms with van der Waals surface area (Å²) in [5.41, 5.74) is 1.74. The van der Waals surface area contributed by atoms with Crippen molar-refractivity contribution in [2.75, 3.05) is 20.3 Å². The number of hydrogen-bond donors (Lipinski definition) is 0. The number of esters is 2. The maximum Gasteiger partial charge on any atom is 0.348 e. The van der Waals surface area contributed by atoms with Gasteiger partial charge in [-0.15, -0.1) is 11.3 Å². The van der Waals surface area contributed by atoms with Gasteiger partial charge in [0.15, 0.2) is 17.3 Å². The molecule has 0 N–H and O–H groups in total. The molecule has 0 spiro atoms. The predicted octanol–water partition coefficient (Wildman–Crippen LogP) is 6.97. The quantitative estimate of drug-likeness (QED) is 0.0859. The van der Waals surface area contributed by atoms with Crippen LogP contribution in [0.1, 0.15) is 55.4 Å². The first-order valence-corrected chi connectivity index (χ1v) is 14.8. The maximum absolute atomic E-state index is 13.3. The minimum atomic E-state index is -0.645. The van der Waals surface area contributed by atoms with Crippen LogP contribution in [0.2, 0.25) is 5.02 Å². The second-order valence-corrected chi connectivity index (χ2v) is 11.2. The lowest BCUT2D eigenvalue weighted by Gasteiger charge is -2.14. The van der Waals surface area contributed by atoms with E-state index in [-0.39, 0.29) is 42.3 Å². The highest BCUT2D eigenvalue weighted by Crippen LogP contribution is 2.36. The molecule has 0 atom stereocenters. The number of ether oxygens (including phenoxy) is 4. The van der Waals surface area contributed by atoms with Gasteiger partial charge in [0, 0.05) is 21.9 Å². The highest BCUT2D eigenvalue weighted by molar-refractivity contribution is 14.1. The van der Waals surface area contributed by atoms with Crippen LogP contribution < -0.4 is 9.47 Å². The summed E-state index contributed by atoms with van der Waals surface area (Å²) in [5.74, 6) is -0.850. The highest BCUT2D eigenvalue weighted by Gasteiger charge is 2.28. The molecule has 0 aliphatic heterocycles. The summed E-state index contributed by atoms with van der Waals surface area (Å²) in [6, 6.07) is 12.7. The summed E-state index contributed by atoms with van der Waals surface area (Å²) in [5, 5.41) is 10.4. The van der Waals surface area contributed by atoms with E-state index in [1.54, 1.807) is 39.0 Å². The maximum atomic E-state index is 13.3. The molecule has 0 amide bonds. The van der Waals surface area contributed by atoms with Gasteiger partial charge in [-0.3, -0.25) is 4.79 Å². The van der Waals surface area contributed by atoms with Crippen molar-refractivity contribution in [3.8, 4) is 17.6 Å². The van der Waals surface area contributed by atoms with Crippen molar-refractivity contribution >= 4 is 69.3 Å². The van der Waals surface area contributed by atoms with E-state index in [1.165, 1.54) is 13.2 Å². The third-order valence-electron chi connectivity index (χ3n) is 5.79. The second-order valence-electron chi connectivity index (χ2n) is 8.48. The Hall–Kier alpha value is -3.40. The average Bonchev–Trinajstić information content (AvgIpc) is 3.27. The lowest BCUT2D eigenvalue weighted by atomic mass is 10.0. The van der Waals surface area contributed by atoms with Crippen molar-refractivity contribution in [1.29, 1.82) is 5.26 Å². The molecule has 8 nitrogen and oxygen atoms in total. The molecule has 0 unspecified atom stereocenters. The molecule has 2 aromatic carbocycles. The first-order valence-electron chi connectivity index (χ1n) is 12.5. The molecular formula is C30H27ClINO7S. The van der Waals surface area contributed by atoms with Gasteiger partial charge in [0.1, 0.15) is 17.6 Å². The Bertz CT molecular complexity index is 1540. The number of ketones is 1. The number of halogens is 2. The standard InChI is InChI=1S/C30H27ClINO7S/c1-5-38-29(35)26-17(3)28(30(36)39-6-2)41-25(26)14-23(34)20(15-33)11-18-12-22(32)27(24(13-18)37-4)40-16-19-9-7-8-10-21(19)31/h7-13H,5-6,14,16H2,1-4H3/b20-11+. The molecular weight excluding hydrogens is 681 g/mol. The van der Waals surface area contributed by atoms with Crippen molar-refractivity contribution in [1.82, 2.24) is 0 Å². The van der Waals surface area contributed by atoms with Gasteiger partial charge in [-0.05, 0) is 78.8 Å². The predicted molar refractivity (Wildman–Crippen MR) is 165 cm³/mol. The van der Waals surface area contributed by atoms with Gasteiger partial charge < -0.3 is 18.9 Å². The smallest absolute Gasteiger partial charge is 0.348 e. The van der Waals surface area contributed by atoms with Crippen LogP contribution >= 0.6 is 45.5 Å². The second kappa shape index (κ2) is 15.0. The Morgan fingerprint density at radius 1 is 1.10 bits per heavy atom. The van der Waals surface area contributed by atoms with Crippen LogP contribution in [0.4, 0.5) is 0 Å². The van der Waals surface area contributed by atoms with Gasteiger partial charge in [-0.2, -0.15) is 5.26 Å². The summed E-state index contributed by atoms with van der Waals surface area (Å²) >= 11 is 9.32. The largest absolute Gasteiger partial charge is 0.493 e. The van der Waals surface area contributed by atoms with E-state index in [4.69, 9.17) is 30.5 Å². The lowest BCUT2D eigenvalue weighted by molar-refractivity contribution is -0.114. The number of carbonyl (C=O) groups excluding carboxylic acids is 3. The number of nitriles is 1. The van der Waals surface area contributed by atoms with E-state index in [0.29, 0.717) is 36.1 Å². The normalized spacial score (nSPS) is 11.0. The van der Waals surface area contributed by atoms with Crippen molar-refractivity contribution < 1.29 is 33.3 Å². The van der Waals surface area contributed by atoms with Crippen LogP contribution in [0.25, 0.3) is 6.08 Å². The fourth-order valence-electron chi connectivity index (χ4n) is 3.87. The number of methoxy groups -OCH3 is 1. The van der Waals surface area contributed by atoms with Crippen LogP contribution in [-0.4, -0.2) is 38.0 Å². The van der Waals surface area contributed by atoms with E-state index in [9.17, 15) is 19.6 Å². The molecule has 0 saturated heterocycles. The molecule has 0 aliphatic carbocycles. The fourth-order valence-corrected chi connectivity index (χ4v) is 6.03. The third-order valence-corrected chi connectivity index (χ3v) is 8.24. The van der Waals surface area contributed by atoms with Gasteiger partial charge >= 0.3 is 11.9 Å². The molecule has 0 aliphatic rings. The zero-order chi connectivity index (χ0) is 30.1. The number of thiophene rings is 1. The first kappa shape index (κ1) is 32.1. The molecule has 1 aromatic heterocycles. The summed E-state index contributed by atoms with van der Waals surface area (Å²) in [6.07, 6.45) is 1.17. The lowest BCUT2D eigenvalue weighted by Crippen LogP contribution is -2.12. The van der Waals surface area contributed by atoms with Crippen LogP contribution in [-0.2, 0) is 27.3 Å². The molecule has 11 heteroatoms. The number of nitrogens with zero attached hydrogens (tertiary/aromatic N) is 1. The topological polar surface area (TPSA) is 112 Å². The Balaban J connectivity index is 1.91. The molecule has 214 valence electrons. The monoisotopic (exact) mass is 707 g/mol. The molecule has 3 aromatic rings. The zero-order valence-corrected chi connectivity index (χ0v) is 26.6. The fraction of sp³-hybridized carbons (Fsp3) is 0.267. The average molecular weight is 708 g/mol. The van der Waals surface area contributed by atoms with E-state index < -0.39 is 17.7 Å². The molecule has 3 rings (SSSR count). The van der Waals surface area contributed by atoms with Crippen LogP contribution in [0.15, 0.2) is 42.0 Å². The molecule has 1 heterocycles. The molecule has 0 radical (unpaired) electrons. The van der Waals surface area contributed by atoms with Crippen molar-refractivity contribution in [3.63, 3.8) is 0 Å². The summed E-state index contributed by atoms with van der Waals surface area (Å²) in [6.45, 7) is 5.45. The summed E-state index contributed by atoms with van der Waals surface area (Å²) in [7, 11) is 1.49. The van der Waals surface area contributed by atoms with Gasteiger partial charge in [0.2, 0.25) is 0 Å². The third kappa shape index (κ3) is 7.87. The van der Waals surface area contributed by atoms with Crippen molar-refractivity contribution in [2.45, 2.75) is 33.8 Å². The van der Waals surface area contributed by atoms with E-state index in [0.717, 1.165) is 16.9 Å². The Kier molecular flexibility index (Phi) is 11.8. The highest BCUT2D eigenvalue weighted by atomic mass is 127. The van der Waals surface area contributed by atoms with E-state index >= 15 is 0 Å². The molecule has 41 heavy (non-hydrogen) atoms. The number of benzene rings is 2. The number of Topliss-reactive ketones (excluding diaryl/α,β-unsaturated/α-hetero) is 1. The van der Waals surface area contributed by atoms with Gasteiger partial charge in [-0.1, -0.05) is 29.8 Å². The van der Waals surface area contributed by atoms with Crippen molar-refractivity contribution in [2.24, 2.45) is 0 Å². The number of carbonyl (C=O) groups is 3. The van der Waals surface area contributed by atoms with E-state index in [2.05, 4.69) is 22.6 Å². The first-order chi connectivity index (χ1) is 19.6. The van der Waals surface area contributed by atoms with Crippen LogP contribution in [0.3, 0.4) is 0 Å².